The predicted molar refractivity (Wildman–Crippen MR) is 84.7 cm³/mol. The summed E-state index contributed by atoms with van der Waals surface area (Å²) in [5.74, 6) is 0.252. The summed E-state index contributed by atoms with van der Waals surface area (Å²) in [5.41, 5.74) is 0.665. The summed E-state index contributed by atoms with van der Waals surface area (Å²) in [6.07, 6.45) is 1.57. The molecule has 2 heterocycles. The quantitative estimate of drug-likeness (QED) is 0.799. The number of pyridine rings is 1. The van der Waals surface area contributed by atoms with Crippen molar-refractivity contribution in [1.29, 1.82) is 0 Å². The Morgan fingerprint density at radius 3 is 2.68 bits per heavy atom. The fourth-order valence-corrected chi connectivity index (χ4v) is 2.49. The molecule has 3 rings (SSSR count). The Hall–Kier alpha value is -2.80. The van der Waals surface area contributed by atoms with Crippen LogP contribution in [0.1, 0.15) is 0 Å². The molecule has 0 spiro atoms. The first-order chi connectivity index (χ1) is 10.7. The summed E-state index contributed by atoms with van der Waals surface area (Å²) in [6, 6.07) is 14.3. The maximum Gasteiger partial charge on any atom is 0.250 e. The third kappa shape index (κ3) is 3.26. The number of nitrogens with zero attached hydrogens (tertiary/aromatic N) is 3. The van der Waals surface area contributed by atoms with Gasteiger partial charge in [0.15, 0.2) is 5.82 Å². The lowest BCUT2D eigenvalue weighted by Crippen LogP contribution is -2.26. The lowest BCUT2D eigenvalue weighted by molar-refractivity contribution is -0.116. The normalized spacial score (nSPS) is 10.4. The Morgan fingerprint density at radius 2 is 1.91 bits per heavy atom. The van der Waals surface area contributed by atoms with E-state index in [1.54, 1.807) is 18.3 Å². The standard InChI is InChI=1S/C15H12N4O2S/c20-12(10-19-9-5-4-8-13(19)21)16-15-17-14(18-22-15)11-6-2-1-3-7-11/h1-9H,10H2,(H,16,17,18,20). The molecule has 0 aliphatic rings. The van der Waals surface area contributed by atoms with E-state index in [0.29, 0.717) is 11.0 Å². The van der Waals surface area contributed by atoms with Crippen molar-refractivity contribution >= 4 is 22.6 Å². The number of rotatable bonds is 4. The minimum Gasteiger partial charge on any atom is -0.306 e. The van der Waals surface area contributed by atoms with Gasteiger partial charge >= 0.3 is 0 Å². The first kappa shape index (κ1) is 14.2. The van der Waals surface area contributed by atoms with Gasteiger partial charge in [-0.2, -0.15) is 9.36 Å². The van der Waals surface area contributed by atoms with Crippen molar-refractivity contribution in [1.82, 2.24) is 13.9 Å². The Labute approximate surface area is 130 Å². The van der Waals surface area contributed by atoms with Gasteiger partial charge in [0.2, 0.25) is 11.0 Å². The van der Waals surface area contributed by atoms with Crippen LogP contribution in [0.25, 0.3) is 11.4 Å². The van der Waals surface area contributed by atoms with Crippen LogP contribution in [-0.2, 0) is 11.3 Å². The lowest BCUT2D eigenvalue weighted by Gasteiger charge is -2.03. The van der Waals surface area contributed by atoms with Gasteiger partial charge in [0.25, 0.3) is 5.56 Å². The summed E-state index contributed by atoms with van der Waals surface area (Å²) < 4.78 is 5.54. The molecular formula is C15H12N4O2S. The molecule has 0 fully saturated rings. The molecule has 2 aromatic heterocycles. The van der Waals surface area contributed by atoms with Crippen molar-refractivity contribution in [3.63, 3.8) is 0 Å². The molecule has 1 aromatic carbocycles. The number of aromatic nitrogens is 3. The highest BCUT2D eigenvalue weighted by atomic mass is 32.1. The van der Waals surface area contributed by atoms with Crippen molar-refractivity contribution < 1.29 is 4.79 Å². The van der Waals surface area contributed by atoms with Gasteiger partial charge in [0, 0.05) is 29.4 Å². The minimum atomic E-state index is -0.316. The molecule has 0 unspecified atom stereocenters. The third-order valence-corrected chi connectivity index (χ3v) is 3.55. The monoisotopic (exact) mass is 312 g/mol. The van der Waals surface area contributed by atoms with E-state index >= 15 is 0 Å². The molecule has 0 aliphatic carbocycles. The molecule has 6 nitrogen and oxygen atoms in total. The Morgan fingerprint density at radius 1 is 1.14 bits per heavy atom. The number of benzene rings is 1. The molecule has 0 radical (unpaired) electrons. The van der Waals surface area contributed by atoms with Crippen LogP contribution >= 0.6 is 11.5 Å². The van der Waals surface area contributed by atoms with Crippen molar-refractivity contribution in [2.75, 3.05) is 5.32 Å². The largest absolute Gasteiger partial charge is 0.306 e. The van der Waals surface area contributed by atoms with Gasteiger partial charge in [-0.1, -0.05) is 36.4 Å². The number of nitrogens with one attached hydrogen (secondary N) is 1. The average molecular weight is 312 g/mol. The summed E-state index contributed by atoms with van der Waals surface area (Å²) in [7, 11) is 0. The zero-order valence-corrected chi connectivity index (χ0v) is 12.3. The van der Waals surface area contributed by atoms with E-state index in [2.05, 4.69) is 14.7 Å². The third-order valence-electron chi connectivity index (χ3n) is 2.92. The number of hydrogen-bond donors (Lipinski definition) is 1. The molecule has 0 saturated carbocycles. The second-order valence-corrected chi connectivity index (χ2v) is 5.26. The van der Waals surface area contributed by atoms with Crippen LogP contribution in [0.4, 0.5) is 5.13 Å². The number of amides is 1. The van der Waals surface area contributed by atoms with E-state index in [-0.39, 0.29) is 18.0 Å². The van der Waals surface area contributed by atoms with Crippen LogP contribution < -0.4 is 10.9 Å². The molecule has 0 aliphatic heterocycles. The topological polar surface area (TPSA) is 76.9 Å². The highest BCUT2D eigenvalue weighted by Gasteiger charge is 2.10. The van der Waals surface area contributed by atoms with Crippen LogP contribution in [0, 0.1) is 0 Å². The molecule has 7 heteroatoms. The zero-order valence-electron chi connectivity index (χ0n) is 11.5. The van der Waals surface area contributed by atoms with Gasteiger partial charge in [0.1, 0.15) is 6.54 Å². The predicted octanol–water partition coefficient (Wildman–Crippen LogP) is 2.01. The van der Waals surface area contributed by atoms with E-state index in [9.17, 15) is 9.59 Å². The summed E-state index contributed by atoms with van der Waals surface area (Å²) in [4.78, 5) is 27.8. The van der Waals surface area contributed by atoms with Crippen LogP contribution in [0.2, 0.25) is 0 Å². The van der Waals surface area contributed by atoms with Gasteiger partial charge in [0.05, 0.1) is 0 Å². The number of hydrogen-bond acceptors (Lipinski definition) is 5. The summed E-state index contributed by atoms with van der Waals surface area (Å²) in [5, 5.41) is 3.06. The lowest BCUT2D eigenvalue weighted by atomic mass is 10.2. The molecule has 1 N–H and O–H groups in total. The molecule has 0 saturated heterocycles. The van der Waals surface area contributed by atoms with E-state index in [1.807, 2.05) is 30.3 Å². The molecule has 110 valence electrons. The van der Waals surface area contributed by atoms with Crippen molar-refractivity contribution in [3.05, 3.63) is 65.1 Å². The highest BCUT2D eigenvalue weighted by Crippen LogP contribution is 2.20. The van der Waals surface area contributed by atoms with Gasteiger partial charge < -0.3 is 4.57 Å². The zero-order chi connectivity index (χ0) is 15.4. The van der Waals surface area contributed by atoms with E-state index in [1.165, 1.54) is 10.6 Å². The van der Waals surface area contributed by atoms with Gasteiger partial charge in [-0.05, 0) is 6.07 Å². The smallest absolute Gasteiger partial charge is 0.250 e. The van der Waals surface area contributed by atoms with Crippen LogP contribution in [0.15, 0.2) is 59.5 Å². The van der Waals surface area contributed by atoms with Crippen molar-refractivity contribution in [2.45, 2.75) is 6.54 Å². The number of carbonyl (C=O) groups excluding carboxylic acids is 1. The van der Waals surface area contributed by atoms with E-state index < -0.39 is 0 Å². The minimum absolute atomic E-state index is 0.0556. The van der Waals surface area contributed by atoms with E-state index in [0.717, 1.165) is 17.1 Å². The first-order valence-electron chi connectivity index (χ1n) is 6.57. The fourth-order valence-electron chi connectivity index (χ4n) is 1.88. The second kappa shape index (κ2) is 6.31. The van der Waals surface area contributed by atoms with Crippen molar-refractivity contribution in [3.8, 4) is 11.4 Å². The SMILES string of the molecule is O=C(Cn1ccccc1=O)Nc1nc(-c2ccccc2)ns1. The van der Waals surface area contributed by atoms with Crippen molar-refractivity contribution in [2.24, 2.45) is 0 Å². The van der Waals surface area contributed by atoms with Crippen LogP contribution in [0.3, 0.4) is 0 Å². The van der Waals surface area contributed by atoms with E-state index in [4.69, 9.17) is 0 Å². The number of anilines is 1. The second-order valence-electron chi connectivity index (χ2n) is 4.50. The molecule has 0 bridgehead atoms. The van der Waals surface area contributed by atoms with Gasteiger partial charge in [-0.3, -0.25) is 14.9 Å². The maximum atomic E-state index is 11.9. The average Bonchev–Trinajstić information content (AvgIpc) is 2.99. The van der Waals surface area contributed by atoms with Crippen LogP contribution in [-0.4, -0.2) is 19.8 Å². The maximum absolute atomic E-state index is 11.9. The Bertz CT molecular complexity index is 842. The van der Waals surface area contributed by atoms with Gasteiger partial charge in [-0.15, -0.1) is 0 Å². The summed E-state index contributed by atoms with van der Waals surface area (Å²) >= 11 is 1.11. The fraction of sp³-hybridized carbons (Fsp3) is 0.0667. The molecular weight excluding hydrogens is 300 g/mol. The number of carbonyl (C=O) groups is 1. The molecule has 1 amide bonds. The van der Waals surface area contributed by atoms with Gasteiger partial charge in [-0.25, -0.2) is 0 Å². The molecule has 3 aromatic rings. The Kier molecular flexibility index (Phi) is 4.06. The summed E-state index contributed by atoms with van der Waals surface area (Å²) in [6.45, 7) is -0.0556. The highest BCUT2D eigenvalue weighted by molar-refractivity contribution is 7.10. The molecule has 0 atom stereocenters. The van der Waals surface area contributed by atoms with Crippen LogP contribution in [0.5, 0.6) is 0 Å². The Balaban J connectivity index is 1.69. The molecule has 22 heavy (non-hydrogen) atoms. The first-order valence-corrected chi connectivity index (χ1v) is 7.34.